The molecule has 18 heavy (non-hydrogen) atoms. The van der Waals surface area contributed by atoms with Crippen LogP contribution in [0.4, 0.5) is 11.4 Å². The van der Waals surface area contributed by atoms with Crippen molar-refractivity contribution < 1.29 is 5.32 Å². The van der Waals surface area contributed by atoms with E-state index in [1.54, 1.807) is 0 Å². The second kappa shape index (κ2) is 7.24. The largest absolute Gasteiger partial charge is 0.388 e. The molecular weight excluding hydrogens is 226 g/mol. The second-order valence-electron chi connectivity index (χ2n) is 3.81. The predicted octanol–water partition coefficient (Wildman–Crippen LogP) is 0.712. The summed E-state index contributed by atoms with van der Waals surface area (Å²) < 4.78 is 0. The molecule has 0 bridgehead atoms. The highest BCUT2D eigenvalue weighted by Gasteiger charge is 1.97. The molecule has 5 N–H and O–H groups in total. The Hall–Kier alpha value is -2.14. The van der Waals surface area contributed by atoms with Gasteiger partial charge in [-0.2, -0.15) is 0 Å². The van der Waals surface area contributed by atoms with Gasteiger partial charge >= 0.3 is 0 Å². The fourth-order valence-corrected chi connectivity index (χ4v) is 1.26. The third-order valence-corrected chi connectivity index (χ3v) is 2.45. The van der Waals surface area contributed by atoms with E-state index in [1.165, 1.54) is 0 Å². The zero-order valence-electron chi connectivity index (χ0n) is 11.2. The van der Waals surface area contributed by atoms with Gasteiger partial charge in [-0.25, -0.2) is 0 Å². The van der Waals surface area contributed by atoms with Gasteiger partial charge in [-0.3, -0.25) is 10.9 Å². The molecule has 0 spiro atoms. The molecule has 0 unspecified atom stereocenters. The number of hydrazine groups is 1. The van der Waals surface area contributed by atoms with Gasteiger partial charge in [-0.15, -0.1) is 0 Å². The van der Waals surface area contributed by atoms with E-state index in [0.29, 0.717) is 0 Å². The summed E-state index contributed by atoms with van der Waals surface area (Å²) in [6.07, 6.45) is 3.88. The number of anilines is 2. The highest BCUT2D eigenvalue weighted by molar-refractivity contribution is 5.52. The maximum Gasteiger partial charge on any atom is 0.117 e. The molecule has 98 valence electrons. The van der Waals surface area contributed by atoms with Crippen LogP contribution < -0.4 is 21.5 Å². The Bertz CT molecular complexity index is 396. The Balaban J connectivity index is 2.44. The summed E-state index contributed by atoms with van der Waals surface area (Å²) in [6.45, 7) is 3.93. The van der Waals surface area contributed by atoms with E-state index in [2.05, 4.69) is 22.7 Å². The van der Waals surface area contributed by atoms with Crippen LogP contribution in [0.15, 0.2) is 49.1 Å². The van der Waals surface area contributed by atoms with Crippen LogP contribution in [0.5, 0.6) is 0 Å². The van der Waals surface area contributed by atoms with E-state index in [4.69, 9.17) is 0 Å². The maximum absolute atomic E-state index is 3.93. The summed E-state index contributed by atoms with van der Waals surface area (Å²) in [5.41, 5.74) is 8.19. The van der Waals surface area contributed by atoms with Gasteiger partial charge in [0.25, 0.3) is 0 Å². The average molecular weight is 248 g/mol. The lowest BCUT2D eigenvalue weighted by Crippen LogP contribution is -2.72. The fraction of sp³-hybridized carbons (Fsp3) is 0.231. The van der Waals surface area contributed by atoms with Gasteiger partial charge in [0.15, 0.2) is 0 Å². The number of rotatable bonds is 7. The van der Waals surface area contributed by atoms with Crippen molar-refractivity contribution in [3.05, 3.63) is 49.1 Å². The molecule has 0 atom stereocenters. The number of quaternary nitrogens is 1. The molecule has 0 saturated carbocycles. The molecule has 1 rings (SSSR count). The van der Waals surface area contributed by atoms with Crippen LogP contribution in [-0.4, -0.2) is 26.0 Å². The number of hydrogen-bond acceptors (Lipinski definition) is 4. The molecule has 0 fully saturated rings. The molecule has 0 heterocycles. The van der Waals surface area contributed by atoms with Gasteiger partial charge < -0.3 is 15.5 Å². The van der Waals surface area contributed by atoms with Crippen LogP contribution in [-0.2, 0) is 0 Å². The molecule has 0 radical (unpaired) electrons. The molecule has 0 amide bonds. The lowest BCUT2D eigenvalue weighted by molar-refractivity contribution is -0.557. The fourth-order valence-electron chi connectivity index (χ4n) is 1.26. The topological polar surface area (TPSA) is 55.9 Å². The standard InChI is InChI=1S/C13H21N5/c1-11(18(4)10-9-14-2)16-17-13-7-5-12(15-3)6-8-13/h5-10,14-17H,1H2,2-4H3/p+1. The first-order valence-electron chi connectivity index (χ1n) is 5.85. The Kier molecular flexibility index (Phi) is 5.60. The third-order valence-electron chi connectivity index (χ3n) is 2.45. The van der Waals surface area contributed by atoms with Crippen LogP contribution >= 0.6 is 0 Å². The Morgan fingerprint density at radius 3 is 2.44 bits per heavy atom. The lowest BCUT2D eigenvalue weighted by atomic mass is 10.3. The molecule has 0 saturated heterocycles. The van der Waals surface area contributed by atoms with E-state index in [1.807, 2.05) is 68.0 Å². The number of benzene rings is 1. The van der Waals surface area contributed by atoms with E-state index in [0.717, 1.165) is 17.2 Å². The Labute approximate surface area is 109 Å². The minimum absolute atomic E-state index is 0.769. The van der Waals surface area contributed by atoms with Gasteiger partial charge in [0.2, 0.25) is 0 Å². The smallest absolute Gasteiger partial charge is 0.117 e. The van der Waals surface area contributed by atoms with Gasteiger partial charge in [0, 0.05) is 19.8 Å². The minimum atomic E-state index is 0.769. The van der Waals surface area contributed by atoms with Crippen molar-refractivity contribution in [3.8, 4) is 0 Å². The molecule has 1 aromatic carbocycles. The van der Waals surface area contributed by atoms with Crippen molar-refractivity contribution in [1.82, 2.24) is 10.3 Å². The van der Waals surface area contributed by atoms with Crippen LogP contribution in [0.1, 0.15) is 0 Å². The molecule has 0 aliphatic heterocycles. The summed E-state index contributed by atoms with van der Waals surface area (Å²) in [6, 6.07) is 7.98. The SMILES string of the molecule is C=C(NNc1ccc(NC)cc1)N(C)C=C[NH2+]C. The normalized spacial score (nSPS) is 10.2. The second-order valence-corrected chi connectivity index (χ2v) is 3.81. The molecule has 0 aromatic heterocycles. The van der Waals surface area contributed by atoms with Crippen molar-refractivity contribution in [2.75, 3.05) is 31.9 Å². The quantitative estimate of drug-likeness (QED) is 0.537. The van der Waals surface area contributed by atoms with Crippen molar-refractivity contribution in [2.24, 2.45) is 0 Å². The lowest BCUT2D eigenvalue weighted by Gasteiger charge is -2.19. The van der Waals surface area contributed by atoms with Crippen LogP contribution in [0, 0.1) is 0 Å². The highest BCUT2D eigenvalue weighted by Crippen LogP contribution is 2.12. The van der Waals surface area contributed by atoms with Crippen molar-refractivity contribution in [2.45, 2.75) is 0 Å². The molecule has 5 heteroatoms. The summed E-state index contributed by atoms with van der Waals surface area (Å²) in [7, 11) is 5.80. The predicted molar refractivity (Wildman–Crippen MR) is 76.6 cm³/mol. The van der Waals surface area contributed by atoms with E-state index < -0.39 is 0 Å². The molecule has 0 aliphatic rings. The minimum Gasteiger partial charge on any atom is -0.388 e. The van der Waals surface area contributed by atoms with Gasteiger partial charge in [-0.05, 0) is 24.3 Å². The molecule has 1 aromatic rings. The summed E-state index contributed by atoms with van der Waals surface area (Å²) >= 11 is 0. The number of nitrogens with zero attached hydrogens (tertiary/aromatic N) is 1. The number of nitrogens with two attached hydrogens (primary N) is 1. The summed E-state index contributed by atoms with van der Waals surface area (Å²) in [4.78, 5) is 1.90. The average Bonchev–Trinajstić information content (AvgIpc) is 2.42. The first-order valence-corrected chi connectivity index (χ1v) is 5.85. The van der Waals surface area contributed by atoms with Crippen LogP contribution in [0.2, 0.25) is 0 Å². The van der Waals surface area contributed by atoms with Crippen LogP contribution in [0.25, 0.3) is 0 Å². The van der Waals surface area contributed by atoms with E-state index in [-0.39, 0.29) is 0 Å². The molecular formula is C13H22N5+. The maximum atomic E-state index is 3.93. The monoisotopic (exact) mass is 248 g/mol. The number of hydrogen-bond donors (Lipinski definition) is 4. The van der Waals surface area contributed by atoms with E-state index >= 15 is 0 Å². The van der Waals surface area contributed by atoms with Crippen LogP contribution in [0.3, 0.4) is 0 Å². The Morgan fingerprint density at radius 1 is 1.28 bits per heavy atom. The number of nitrogens with one attached hydrogen (secondary N) is 3. The summed E-state index contributed by atoms with van der Waals surface area (Å²) in [5.74, 6) is 0.769. The van der Waals surface area contributed by atoms with Gasteiger partial charge in [-0.1, -0.05) is 6.58 Å². The first kappa shape index (κ1) is 13.9. The van der Waals surface area contributed by atoms with Gasteiger partial charge in [0.1, 0.15) is 12.0 Å². The first-order chi connectivity index (χ1) is 8.67. The van der Waals surface area contributed by atoms with Crippen molar-refractivity contribution in [3.63, 3.8) is 0 Å². The zero-order chi connectivity index (χ0) is 13.4. The Morgan fingerprint density at radius 2 is 1.89 bits per heavy atom. The zero-order valence-corrected chi connectivity index (χ0v) is 11.2. The third kappa shape index (κ3) is 4.39. The highest BCUT2D eigenvalue weighted by atomic mass is 15.4. The van der Waals surface area contributed by atoms with E-state index in [9.17, 15) is 0 Å². The molecule has 0 aliphatic carbocycles. The molecule has 5 nitrogen and oxygen atoms in total. The van der Waals surface area contributed by atoms with Crippen molar-refractivity contribution in [1.29, 1.82) is 0 Å². The summed E-state index contributed by atoms with van der Waals surface area (Å²) in [5, 5.41) is 5.04. The van der Waals surface area contributed by atoms with Crippen molar-refractivity contribution >= 4 is 11.4 Å². The van der Waals surface area contributed by atoms with Gasteiger partial charge in [0.05, 0.1) is 18.9 Å².